The van der Waals surface area contributed by atoms with Crippen LogP contribution >= 0.6 is 0 Å². The molecule has 0 N–H and O–H groups in total. The molecule has 0 aliphatic heterocycles. The number of rotatable bonds is 7. The number of carbonyl (C=O) groups is 1. The van der Waals surface area contributed by atoms with Gasteiger partial charge in [-0.2, -0.15) is 0 Å². The normalized spacial score (nSPS) is 11.0. The van der Waals surface area contributed by atoms with Gasteiger partial charge in [0.2, 0.25) is 0 Å². The predicted molar refractivity (Wildman–Crippen MR) is 91.1 cm³/mol. The van der Waals surface area contributed by atoms with Crippen molar-refractivity contribution in [3.8, 4) is 5.75 Å². The summed E-state index contributed by atoms with van der Waals surface area (Å²) in [4.78, 5) is 19.0. The van der Waals surface area contributed by atoms with Crippen LogP contribution in [0.4, 0.5) is 0 Å². The first kappa shape index (κ1) is 17.2. The third kappa shape index (κ3) is 4.20. The zero-order valence-electron chi connectivity index (χ0n) is 14.3. The monoisotopic (exact) mass is 316 g/mol. The Morgan fingerprint density at radius 3 is 2.61 bits per heavy atom. The number of hydrogen-bond acceptors (Lipinski definition) is 5. The van der Waals surface area contributed by atoms with Gasteiger partial charge in [0.25, 0.3) is 0 Å². The van der Waals surface area contributed by atoms with Crippen LogP contribution in [-0.4, -0.2) is 49.2 Å². The van der Waals surface area contributed by atoms with Crippen LogP contribution < -0.4 is 4.74 Å². The van der Waals surface area contributed by atoms with E-state index in [2.05, 4.69) is 23.7 Å². The molecule has 1 aromatic carbocycles. The van der Waals surface area contributed by atoms with Crippen LogP contribution in [0.1, 0.15) is 29.9 Å². The van der Waals surface area contributed by atoms with Crippen molar-refractivity contribution in [1.82, 2.24) is 9.88 Å². The largest absolute Gasteiger partial charge is 0.497 e. The van der Waals surface area contributed by atoms with Crippen molar-refractivity contribution in [2.75, 3.05) is 33.4 Å². The summed E-state index contributed by atoms with van der Waals surface area (Å²) in [5.74, 6) is 0.413. The maximum Gasteiger partial charge on any atom is 0.340 e. The molecule has 23 heavy (non-hydrogen) atoms. The van der Waals surface area contributed by atoms with Gasteiger partial charge < -0.3 is 14.4 Å². The molecule has 0 bridgehead atoms. The number of esters is 1. The molecule has 0 unspecified atom stereocenters. The molecule has 1 heterocycles. The lowest BCUT2D eigenvalue weighted by atomic mass is 10.1. The van der Waals surface area contributed by atoms with Gasteiger partial charge in [-0.3, -0.25) is 4.98 Å². The number of aryl methyl sites for hydroxylation is 1. The molecular weight excluding hydrogens is 292 g/mol. The average Bonchev–Trinajstić information content (AvgIpc) is 2.57. The Morgan fingerprint density at radius 2 is 1.96 bits per heavy atom. The van der Waals surface area contributed by atoms with Gasteiger partial charge in [0.05, 0.1) is 23.9 Å². The fourth-order valence-corrected chi connectivity index (χ4v) is 2.47. The summed E-state index contributed by atoms with van der Waals surface area (Å²) >= 11 is 0. The minimum atomic E-state index is -0.327. The van der Waals surface area contributed by atoms with Crippen molar-refractivity contribution in [2.24, 2.45) is 0 Å². The lowest BCUT2D eigenvalue weighted by molar-refractivity contribution is 0.0465. The molecule has 5 nitrogen and oxygen atoms in total. The molecular formula is C18H24N2O3. The summed E-state index contributed by atoms with van der Waals surface area (Å²) in [5.41, 5.74) is 2.02. The van der Waals surface area contributed by atoms with Crippen LogP contribution in [0.5, 0.6) is 5.75 Å². The number of carbonyl (C=O) groups excluding carboxylic acids is 1. The molecule has 124 valence electrons. The minimum Gasteiger partial charge on any atom is -0.497 e. The zero-order valence-corrected chi connectivity index (χ0v) is 14.3. The quantitative estimate of drug-likeness (QED) is 0.735. The third-order valence-electron chi connectivity index (χ3n) is 3.97. The molecule has 0 amide bonds. The summed E-state index contributed by atoms with van der Waals surface area (Å²) in [7, 11) is 1.62. The van der Waals surface area contributed by atoms with Crippen molar-refractivity contribution >= 4 is 16.9 Å². The maximum atomic E-state index is 12.3. The first-order valence-electron chi connectivity index (χ1n) is 7.93. The second kappa shape index (κ2) is 7.92. The molecule has 0 spiro atoms. The van der Waals surface area contributed by atoms with Gasteiger partial charge >= 0.3 is 5.97 Å². The summed E-state index contributed by atoms with van der Waals surface area (Å²) < 4.78 is 10.6. The second-order valence-corrected chi connectivity index (χ2v) is 5.34. The fraction of sp³-hybridized carbons (Fsp3) is 0.444. The van der Waals surface area contributed by atoms with Gasteiger partial charge in [0.1, 0.15) is 12.4 Å². The van der Waals surface area contributed by atoms with Crippen LogP contribution in [-0.2, 0) is 4.74 Å². The Bertz CT molecular complexity index is 681. The molecule has 2 aromatic rings. The van der Waals surface area contributed by atoms with Crippen molar-refractivity contribution in [1.29, 1.82) is 0 Å². The SMILES string of the molecule is CCN(CC)CCOC(=O)c1cc2cc(OC)ccc2nc1C. The molecule has 0 saturated carbocycles. The Kier molecular flexibility index (Phi) is 5.93. The highest BCUT2D eigenvalue weighted by Gasteiger charge is 2.14. The van der Waals surface area contributed by atoms with E-state index in [0.717, 1.165) is 36.3 Å². The van der Waals surface area contributed by atoms with Gasteiger partial charge in [-0.15, -0.1) is 0 Å². The standard InChI is InChI=1S/C18H24N2O3/c1-5-20(6-2)9-10-23-18(21)16-12-14-11-15(22-4)7-8-17(14)19-13(16)3/h7-8,11-12H,5-6,9-10H2,1-4H3. The summed E-state index contributed by atoms with van der Waals surface area (Å²) in [6.07, 6.45) is 0. The van der Waals surface area contributed by atoms with Crippen LogP contribution in [0, 0.1) is 6.92 Å². The van der Waals surface area contributed by atoms with E-state index >= 15 is 0 Å². The third-order valence-corrected chi connectivity index (χ3v) is 3.97. The highest BCUT2D eigenvalue weighted by Crippen LogP contribution is 2.22. The van der Waals surface area contributed by atoms with E-state index < -0.39 is 0 Å². The fourth-order valence-electron chi connectivity index (χ4n) is 2.47. The number of nitrogens with zero attached hydrogens (tertiary/aromatic N) is 2. The van der Waals surface area contributed by atoms with Gasteiger partial charge in [0.15, 0.2) is 0 Å². The van der Waals surface area contributed by atoms with Gasteiger partial charge in [-0.25, -0.2) is 4.79 Å². The Morgan fingerprint density at radius 1 is 1.22 bits per heavy atom. The van der Waals surface area contributed by atoms with Gasteiger partial charge in [-0.05, 0) is 44.3 Å². The van der Waals surface area contributed by atoms with Crippen molar-refractivity contribution in [2.45, 2.75) is 20.8 Å². The Labute approximate surface area is 137 Å². The highest BCUT2D eigenvalue weighted by molar-refractivity contribution is 5.95. The lowest BCUT2D eigenvalue weighted by Gasteiger charge is -2.17. The van der Waals surface area contributed by atoms with Crippen LogP contribution in [0.15, 0.2) is 24.3 Å². The molecule has 0 aliphatic rings. The number of benzene rings is 1. The zero-order chi connectivity index (χ0) is 16.8. The molecule has 0 saturated heterocycles. The molecule has 0 aliphatic carbocycles. The number of likely N-dealkylation sites (N-methyl/N-ethyl adjacent to an activating group) is 1. The van der Waals surface area contributed by atoms with Gasteiger partial charge in [0, 0.05) is 11.9 Å². The first-order chi connectivity index (χ1) is 11.1. The summed E-state index contributed by atoms with van der Waals surface area (Å²) in [6.45, 7) is 9.04. The molecule has 0 atom stereocenters. The number of methoxy groups -OCH3 is 1. The maximum absolute atomic E-state index is 12.3. The molecule has 0 radical (unpaired) electrons. The van der Waals surface area contributed by atoms with Gasteiger partial charge in [-0.1, -0.05) is 13.8 Å². The summed E-state index contributed by atoms with van der Waals surface area (Å²) in [5, 5.41) is 0.866. The second-order valence-electron chi connectivity index (χ2n) is 5.34. The topological polar surface area (TPSA) is 51.7 Å². The molecule has 1 aromatic heterocycles. The minimum absolute atomic E-state index is 0.327. The van der Waals surface area contributed by atoms with E-state index in [1.54, 1.807) is 7.11 Å². The molecule has 5 heteroatoms. The number of ether oxygens (including phenoxy) is 2. The average molecular weight is 316 g/mol. The number of aromatic nitrogens is 1. The molecule has 0 fully saturated rings. The van der Waals surface area contributed by atoms with E-state index in [1.165, 1.54) is 0 Å². The van der Waals surface area contributed by atoms with Crippen molar-refractivity contribution < 1.29 is 14.3 Å². The first-order valence-corrected chi connectivity index (χ1v) is 7.93. The van der Waals surface area contributed by atoms with Crippen LogP contribution in [0.25, 0.3) is 10.9 Å². The predicted octanol–water partition coefficient (Wildman–Crippen LogP) is 3.05. The van der Waals surface area contributed by atoms with E-state index in [9.17, 15) is 4.79 Å². The van der Waals surface area contributed by atoms with Crippen LogP contribution in [0.3, 0.4) is 0 Å². The smallest absolute Gasteiger partial charge is 0.340 e. The number of fused-ring (bicyclic) bond motifs is 1. The van der Waals surface area contributed by atoms with E-state index in [-0.39, 0.29) is 5.97 Å². The van der Waals surface area contributed by atoms with Crippen molar-refractivity contribution in [3.05, 3.63) is 35.5 Å². The lowest BCUT2D eigenvalue weighted by Crippen LogP contribution is -2.28. The number of hydrogen-bond donors (Lipinski definition) is 0. The Hall–Kier alpha value is -2.14. The molecule has 2 rings (SSSR count). The van der Waals surface area contributed by atoms with E-state index in [4.69, 9.17) is 9.47 Å². The Balaban J connectivity index is 2.14. The highest BCUT2D eigenvalue weighted by atomic mass is 16.5. The summed E-state index contributed by atoms with van der Waals surface area (Å²) in [6, 6.07) is 7.43. The van der Waals surface area contributed by atoms with E-state index in [1.807, 2.05) is 31.2 Å². The van der Waals surface area contributed by atoms with Crippen LogP contribution in [0.2, 0.25) is 0 Å². The van der Waals surface area contributed by atoms with E-state index in [0.29, 0.717) is 17.9 Å². The van der Waals surface area contributed by atoms with Crippen molar-refractivity contribution in [3.63, 3.8) is 0 Å². The number of pyridine rings is 1.